The van der Waals surface area contributed by atoms with Gasteiger partial charge in [-0.25, -0.2) is 66.3 Å². The van der Waals surface area contributed by atoms with Gasteiger partial charge in [-0.3, -0.25) is 33.6 Å². The van der Waals surface area contributed by atoms with E-state index in [2.05, 4.69) is 44.3 Å². The number of alkyl halides is 2. The van der Waals surface area contributed by atoms with E-state index in [1.807, 2.05) is 66.7 Å². The first kappa shape index (κ1) is 101. The van der Waals surface area contributed by atoms with Crippen molar-refractivity contribution in [1.82, 2.24) is 54.5 Å². The molecule has 7 fully saturated rings. The first-order valence-electron chi connectivity index (χ1n) is 48.4. The largest absolute Gasteiger partial charge is 0.449 e. The van der Waals surface area contributed by atoms with Gasteiger partial charge in [0.25, 0.3) is 45.1 Å². The number of benzene rings is 4. The number of hydrogen-bond acceptors (Lipinski definition) is 19. The number of hydrogen-bond donors (Lipinski definition) is 3. The number of furan rings is 4. The first-order chi connectivity index (χ1) is 67.4. The molecule has 13 heterocycles. The van der Waals surface area contributed by atoms with Crippen LogP contribution in [0.1, 0.15) is 250 Å². The number of carbonyl (C=O) groups excluding carboxylic acids is 7. The molecule has 3 saturated carbocycles. The number of sulfonamides is 1. The van der Waals surface area contributed by atoms with Crippen molar-refractivity contribution in [2.24, 2.45) is 16.8 Å². The molecule has 8 aliphatic rings. The molecule has 27 nitrogen and oxygen atoms in total. The lowest BCUT2D eigenvalue weighted by Gasteiger charge is -2.47. The van der Waals surface area contributed by atoms with E-state index < -0.39 is 73.8 Å². The Bertz CT molecular complexity index is 7250. The van der Waals surface area contributed by atoms with Gasteiger partial charge in [0.05, 0.1) is 52.3 Å². The standard InChI is InChI=1S/C32H32F3N3O4.C28H31FN4O4S.C25H26FN3O3.C24H26FN3O3/c1-29(2)13-19(26(39)20-14-30(3,41)15-20)9-10-38(29)28(40)25-12-24-27(42-25)22(31(36-4)16-32(34,35)17-31)11-23(37-24)18-5-7-21(33)8-6-18;1-27(2,3)20-15-21(18-8-10-19(29)11-9-18)31-22-16-23(37-25(20)22)26(34)33-14-13-32(17-28(33,4)5)38(35,36)24-7-6-12-30-24;1-25(2)24(31)27-11-12-29(25)23(30)21-14-20-22(32-21)18(15-5-3-4-6-15)13-19(28-20)16-7-9-17(26)10-8-16;1-5-14(2)17-12-18(15-6-8-16(25)9-7-15)27-19-13-20(31-21(17)19)22(29)28-11-10-26-23(30)24(28,3)4/h5-8,11-12,19-20,41H,9-10,13-17H2,1-3H3;7-12,15-16H,6,13-14,17H2,1-5H3;7-10,13-15H,3-6,11-12H2,1-2H3,(H,27,31);6-9,12-14H,5,10-11H2,1-4H3,(H,26,30). The number of aliphatic hydroxyl groups is 1. The Labute approximate surface area is 824 Å². The number of piperazine rings is 3. The third kappa shape index (κ3) is 20.1. The molecule has 0 spiro atoms. The number of piperidine rings is 1. The Morgan fingerprint density at radius 2 is 0.944 bits per heavy atom. The Morgan fingerprint density at radius 3 is 1.38 bits per heavy atom. The summed E-state index contributed by atoms with van der Waals surface area (Å²) in [5, 5.41) is 15.7. The Kier molecular flexibility index (Phi) is 27.0. The third-order valence-electron chi connectivity index (χ3n) is 29.1. The van der Waals surface area contributed by atoms with Gasteiger partial charge in [-0.05, 0) is 252 Å². The number of aromatic nitrogens is 4. The van der Waals surface area contributed by atoms with Crippen LogP contribution in [0.2, 0.25) is 0 Å². The van der Waals surface area contributed by atoms with Crippen molar-refractivity contribution in [3.8, 4) is 45.0 Å². The minimum atomic E-state index is -3.72. The summed E-state index contributed by atoms with van der Waals surface area (Å²) in [5.41, 5.74) is 6.16. The average molecular weight is 1980 g/mol. The SMILES string of the molecule is CC(C)(C)c1cc(-c2ccc(F)cc2)nc2cc(C(=O)N3CCN(S(=O)(=O)C4=CCC=N4)CC3(C)C)oc12.CC1(C)C(=O)NCCN1C(=O)c1cc2nc(-c3ccc(F)cc3)cc(C3CCCC3)c2o1.CCC(C)c1cc(-c2ccc(F)cc2)nc2cc(C(=O)N3CCNC(=O)C3(C)C)oc12.[C-]#[N+]C1(c2cc(-c3ccc(F)cc3)nc3cc(C(=O)N4CCC(C(=O)C5CC(C)(O)C5)CC4(C)C)oc23)CC(F)(F)C1. The van der Waals surface area contributed by atoms with E-state index in [9.17, 15) is 73.4 Å². The quantitative estimate of drug-likeness (QED) is 0.0597. The maximum Gasteiger partial charge on any atom is 0.290 e. The molecule has 2 atom stereocenters. The lowest BCUT2D eigenvalue weighted by molar-refractivity contribution is -0.143. The molecule has 3 aliphatic carbocycles. The Hall–Kier alpha value is -13.5. The lowest BCUT2D eigenvalue weighted by atomic mass is 9.65. The number of rotatable bonds is 16. The number of nitrogens with zero attached hydrogens (tertiary/aromatic N) is 11. The molecular weight excluding hydrogens is 1860 g/mol. The second-order valence-electron chi connectivity index (χ2n) is 42.2. The van der Waals surface area contributed by atoms with Crippen LogP contribution in [0.25, 0.3) is 94.3 Å². The maximum atomic E-state index is 14.1. The average Bonchev–Trinajstić information content (AvgIpc) is 1.71. The topological polar surface area (TPSA) is 335 Å². The van der Waals surface area contributed by atoms with Crippen LogP contribution < -0.4 is 10.6 Å². The van der Waals surface area contributed by atoms with Crippen LogP contribution in [-0.4, -0.2) is 191 Å². The zero-order chi connectivity index (χ0) is 102. The van der Waals surface area contributed by atoms with Gasteiger partial charge in [-0.2, -0.15) is 4.31 Å². The summed E-state index contributed by atoms with van der Waals surface area (Å²) in [6.45, 7) is 36.7. The van der Waals surface area contributed by atoms with Crippen molar-refractivity contribution < 1.29 is 91.1 Å². The fourth-order valence-electron chi connectivity index (χ4n) is 20.7. The maximum absolute atomic E-state index is 14.1. The molecule has 3 N–H and O–H groups in total. The summed E-state index contributed by atoms with van der Waals surface area (Å²) in [4.78, 5) is 125. The van der Waals surface area contributed by atoms with Crippen LogP contribution in [0, 0.1) is 41.7 Å². The fraction of sp³-hybridized carbons (Fsp3) is 0.422. The zero-order valence-electron chi connectivity index (χ0n) is 82.3. The van der Waals surface area contributed by atoms with Crippen molar-refractivity contribution in [2.75, 3.05) is 52.4 Å². The number of fused-ring (bicyclic) bond motifs is 4. The van der Waals surface area contributed by atoms with Gasteiger partial charge in [-0.15, -0.1) is 0 Å². The van der Waals surface area contributed by atoms with Gasteiger partial charge < -0.3 is 57.9 Å². The number of pyridine rings is 4. The van der Waals surface area contributed by atoms with Crippen molar-refractivity contribution in [3.63, 3.8) is 0 Å². The smallest absolute Gasteiger partial charge is 0.290 e. The second-order valence-corrected chi connectivity index (χ2v) is 44.1. The molecule has 748 valence electrons. The van der Waals surface area contributed by atoms with Crippen molar-refractivity contribution in [1.29, 1.82) is 0 Å². The lowest BCUT2D eigenvalue weighted by Crippen LogP contribution is -2.63. The van der Waals surface area contributed by atoms with Crippen LogP contribution in [0.5, 0.6) is 0 Å². The van der Waals surface area contributed by atoms with Crippen molar-refractivity contribution in [3.05, 3.63) is 237 Å². The zero-order valence-corrected chi connectivity index (χ0v) is 83.1. The van der Waals surface area contributed by atoms with Crippen LogP contribution in [0.4, 0.5) is 26.3 Å². The molecule has 4 aromatic carbocycles. The van der Waals surface area contributed by atoms with E-state index in [1.165, 1.54) is 82.0 Å². The molecule has 2 unspecified atom stereocenters. The van der Waals surface area contributed by atoms with E-state index in [4.69, 9.17) is 34.2 Å². The van der Waals surface area contributed by atoms with Gasteiger partial charge in [0.2, 0.25) is 11.8 Å². The highest BCUT2D eigenvalue weighted by Gasteiger charge is 2.65. The van der Waals surface area contributed by atoms with Gasteiger partial charge >= 0.3 is 0 Å². The second kappa shape index (κ2) is 38.3. The highest BCUT2D eigenvalue weighted by atomic mass is 32.2. The number of Topliss-reactive ketones (excluding diaryl/α,β-unsaturated/α-hetero) is 1. The van der Waals surface area contributed by atoms with E-state index in [0.29, 0.717) is 127 Å². The number of ketones is 1. The summed E-state index contributed by atoms with van der Waals surface area (Å²) in [5.74, 6) is -5.43. The molecule has 12 aromatic rings. The predicted octanol–water partition coefficient (Wildman–Crippen LogP) is 20.8. The molecule has 8 aromatic heterocycles. The van der Waals surface area contributed by atoms with Crippen LogP contribution in [0.3, 0.4) is 0 Å². The number of aliphatic imine (C=N–C) groups is 1. The minimum absolute atomic E-state index is 0.0332. The number of carbonyl (C=O) groups is 7. The van der Waals surface area contributed by atoms with E-state index in [1.54, 1.807) is 116 Å². The molecule has 0 radical (unpaired) electrons. The molecule has 5 aliphatic heterocycles. The fourth-order valence-corrected chi connectivity index (χ4v) is 22.3. The van der Waals surface area contributed by atoms with Crippen molar-refractivity contribution >= 4 is 102 Å². The monoisotopic (exact) mass is 1980 g/mol. The number of nitrogens with one attached hydrogen (secondary N) is 2. The van der Waals surface area contributed by atoms with Gasteiger partial charge in [0.1, 0.15) is 62.2 Å². The number of allylic oxidation sites excluding steroid dienone is 1. The molecule has 20 rings (SSSR count). The summed E-state index contributed by atoms with van der Waals surface area (Å²) >= 11 is 0. The van der Waals surface area contributed by atoms with Gasteiger partial charge in [-0.1, -0.05) is 47.5 Å². The summed E-state index contributed by atoms with van der Waals surface area (Å²) in [6, 6.07) is 37.9. The molecular formula is C109H115F6N13O14S. The van der Waals surface area contributed by atoms with E-state index >= 15 is 0 Å². The molecule has 0 bridgehead atoms. The Balaban J connectivity index is 0.000000132. The number of halogens is 6. The van der Waals surface area contributed by atoms with E-state index in [-0.39, 0.29) is 140 Å². The summed E-state index contributed by atoms with van der Waals surface area (Å²) in [6.07, 6.45) is 9.47. The van der Waals surface area contributed by atoms with Gasteiger partial charge in [0.15, 0.2) is 50.4 Å². The molecule has 6 amide bonds. The molecule has 4 saturated heterocycles. The van der Waals surface area contributed by atoms with Gasteiger partial charge in [0, 0.05) is 146 Å². The normalized spacial score (nSPS) is 20.8. The molecule has 34 heteroatoms. The van der Waals surface area contributed by atoms with Crippen LogP contribution in [0.15, 0.2) is 179 Å². The number of likely N-dealkylation sites (tertiary alicyclic amines) is 1. The predicted molar refractivity (Wildman–Crippen MR) is 528 cm³/mol. The van der Waals surface area contributed by atoms with Crippen molar-refractivity contribution in [2.45, 2.75) is 230 Å². The molecule has 143 heavy (non-hydrogen) atoms. The minimum Gasteiger partial charge on any atom is -0.449 e. The number of amides is 6. The third-order valence-corrected chi connectivity index (χ3v) is 30.9. The van der Waals surface area contributed by atoms with Crippen LogP contribution in [-0.2, 0) is 35.4 Å². The van der Waals surface area contributed by atoms with Crippen LogP contribution >= 0.6 is 0 Å². The van der Waals surface area contributed by atoms with E-state index in [0.717, 1.165) is 71.2 Å². The first-order valence-corrected chi connectivity index (χ1v) is 49.8. The Morgan fingerprint density at radius 1 is 0.524 bits per heavy atom. The highest BCUT2D eigenvalue weighted by molar-refractivity contribution is 7.93. The highest BCUT2D eigenvalue weighted by Crippen LogP contribution is 2.57. The summed E-state index contributed by atoms with van der Waals surface area (Å²) in [7, 11) is -3.72. The summed E-state index contributed by atoms with van der Waals surface area (Å²) < 4.78 is 134.